The molecule has 0 aliphatic carbocycles. The van der Waals surface area contributed by atoms with Gasteiger partial charge in [-0.1, -0.05) is 11.6 Å². The van der Waals surface area contributed by atoms with E-state index in [1.165, 1.54) is 0 Å². The molecule has 0 amide bonds. The molecule has 0 aliphatic rings. The Bertz CT molecular complexity index is 237. The molecule has 3 heteroatoms. The van der Waals surface area contributed by atoms with Gasteiger partial charge in [0.05, 0.1) is 6.61 Å². The zero-order valence-electron chi connectivity index (χ0n) is 5.34. The maximum absolute atomic E-state index is 8.69. The molecule has 10 heavy (non-hydrogen) atoms. The summed E-state index contributed by atoms with van der Waals surface area (Å²) < 4.78 is 0. The molecule has 53 valence electrons. The van der Waals surface area contributed by atoms with Crippen LogP contribution in [-0.2, 0) is 6.61 Å². The highest BCUT2D eigenvalue weighted by Gasteiger charge is 1.98. The Balaban J connectivity index is 3.09. The van der Waals surface area contributed by atoms with Crippen molar-refractivity contribution in [3.05, 3.63) is 35.5 Å². The molecule has 0 saturated carbocycles. The topological polar surface area (TPSA) is 33.1 Å². The average Bonchev–Trinajstić information content (AvgIpc) is 1.94. The number of hydrogen-bond acceptors (Lipinski definition) is 2. The van der Waals surface area contributed by atoms with E-state index in [9.17, 15) is 0 Å². The first kappa shape index (κ1) is 7.51. The Morgan fingerprint density at radius 3 is 2.90 bits per heavy atom. The first-order valence-electron chi connectivity index (χ1n) is 2.81. The van der Waals surface area contributed by atoms with Gasteiger partial charge < -0.3 is 5.11 Å². The molecule has 0 fully saturated rings. The van der Waals surface area contributed by atoms with Gasteiger partial charge in [0.2, 0.25) is 0 Å². The van der Waals surface area contributed by atoms with Gasteiger partial charge in [0.1, 0.15) is 5.15 Å². The smallest absolute Gasteiger partial charge is 0.134 e. The quantitative estimate of drug-likeness (QED) is 0.624. The van der Waals surface area contributed by atoms with E-state index >= 15 is 0 Å². The second-order valence-electron chi connectivity index (χ2n) is 1.95. The molecule has 2 nitrogen and oxygen atoms in total. The van der Waals surface area contributed by atoms with Gasteiger partial charge in [-0.25, -0.2) is 4.98 Å². The van der Waals surface area contributed by atoms with Crippen molar-refractivity contribution in [1.29, 1.82) is 0 Å². The lowest BCUT2D eigenvalue weighted by molar-refractivity contribution is 0.281. The van der Waals surface area contributed by atoms with E-state index in [1.54, 1.807) is 12.3 Å². The monoisotopic (exact) mass is 156 g/mol. The minimum absolute atomic E-state index is 0.0881. The van der Waals surface area contributed by atoms with Gasteiger partial charge in [0.15, 0.2) is 0 Å². The van der Waals surface area contributed by atoms with Crippen molar-refractivity contribution < 1.29 is 5.11 Å². The van der Waals surface area contributed by atoms with Gasteiger partial charge in [0, 0.05) is 11.8 Å². The van der Waals surface area contributed by atoms with Gasteiger partial charge in [-0.2, -0.15) is 0 Å². The molecule has 0 saturated heterocycles. The van der Waals surface area contributed by atoms with Crippen molar-refractivity contribution in [2.45, 2.75) is 6.61 Å². The summed E-state index contributed by atoms with van der Waals surface area (Å²) in [4.78, 5) is 3.79. The molecule has 1 rings (SSSR count). The van der Waals surface area contributed by atoms with Gasteiger partial charge in [-0.3, -0.25) is 0 Å². The van der Waals surface area contributed by atoms with Crippen LogP contribution in [0.3, 0.4) is 0 Å². The van der Waals surface area contributed by atoms with Crippen LogP contribution >= 0.6 is 11.6 Å². The van der Waals surface area contributed by atoms with Gasteiger partial charge in [-0.15, -0.1) is 0 Å². The van der Waals surface area contributed by atoms with Crippen molar-refractivity contribution in [3.63, 3.8) is 0 Å². The largest absolute Gasteiger partial charge is 0.392 e. The third kappa shape index (κ3) is 1.46. The second-order valence-corrected chi connectivity index (χ2v) is 2.31. The number of aromatic nitrogens is 1. The number of pyridine rings is 1. The molecule has 0 bridgehead atoms. The summed E-state index contributed by atoms with van der Waals surface area (Å²) in [6.45, 7) is 3.55. The van der Waals surface area contributed by atoms with Crippen LogP contribution in [0.5, 0.6) is 0 Å². The van der Waals surface area contributed by atoms with Crippen LogP contribution in [0.2, 0.25) is 5.15 Å². The summed E-state index contributed by atoms with van der Waals surface area (Å²) in [5.41, 5.74) is 1.38. The van der Waals surface area contributed by atoms with Crippen molar-refractivity contribution in [1.82, 2.24) is 4.98 Å². The molecule has 1 heterocycles. The number of aliphatic hydroxyl groups excluding tert-OH is 1. The molecule has 1 N–H and O–H groups in total. The van der Waals surface area contributed by atoms with Crippen LogP contribution < -0.4 is 0 Å². The fourth-order valence-electron chi connectivity index (χ4n) is 0.654. The molecular formula is C7H7ClNO. The SMILES string of the molecule is [CH2]c1cnc(Cl)c(CO)c1. The average molecular weight is 157 g/mol. The summed E-state index contributed by atoms with van der Waals surface area (Å²) >= 11 is 5.60. The van der Waals surface area contributed by atoms with Gasteiger partial charge in [0.25, 0.3) is 0 Å². The van der Waals surface area contributed by atoms with Crippen LogP contribution in [0.4, 0.5) is 0 Å². The van der Waals surface area contributed by atoms with Crippen molar-refractivity contribution in [3.8, 4) is 0 Å². The lowest BCUT2D eigenvalue weighted by Gasteiger charge is -1.98. The summed E-state index contributed by atoms with van der Waals surface area (Å²) in [5.74, 6) is 0. The lowest BCUT2D eigenvalue weighted by atomic mass is 10.2. The number of hydrogen-bond donors (Lipinski definition) is 1. The Morgan fingerprint density at radius 1 is 1.70 bits per heavy atom. The van der Waals surface area contributed by atoms with Crippen LogP contribution in [-0.4, -0.2) is 10.1 Å². The molecule has 0 atom stereocenters. The lowest BCUT2D eigenvalue weighted by Crippen LogP contribution is -1.88. The molecule has 0 aromatic carbocycles. The van der Waals surface area contributed by atoms with Crippen molar-refractivity contribution in [2.24, 2.45) is 0 Å². The number of rotatable bonds is 1. The van der Waals surface area contributed by atoms with E-state index < -0.39 is 0 Å². The van der Waals surface area contributed by atoms with Crippen LogP contribution in [0.25, 0.3) is 0 Å². The molecule has 1 aromatic heterocycles. The molecule has 0 unspecified atom stereocenters. The molecule has 0 spiro atoms. The van der Waals surface area contributed by atoms with Crippen LogP contribution in [0, 0.1) is 6.92 Å². The number of halogens is 1. The Morgan fingerprint density at radius 2 is 2.40 bits per heavy atom. The van der Waals surface area contributed by atoms with E-state index in [1.807, 2.05) is 0 Å². The second kappa shape index (κ2) is 2.99. The van der Waals surface area contributed by atoms with Gasteiger partial charge >= 0.3 is 0 Å². The van der Waals surface area contributed by atoms with Crippen molar-refractivity contribution >= 4 is 11.6 Å². The normalized spacial score (nSPS) is 9.90. The maximum Gasteiger partial charge on any atom is 0.134 e. The highest BCUT2D eigenvalue weighted by atomic mass is 35.5. The summed E-state index contributed by atoms with van der Waals surface area (Å²) in [7, 11) is 0. The fourth-order valence-corrected chi connectivity index (χ4v) is 0.817. The van der Waals surface area contributed by atoms with Crippen LogP contribution in [0.1, 0.15) is 11.1 Å². The first-order valence-corrected chi connectivity index (χ1v) is 3.19. The number of nitrogens with zero attached hydrogens (tertiary/aromatic N) is 1. The van der Waals surface area contributed by atoms with Crippen LogP contribution in [0.15, 0.2) is 12.3 Å². The molecule has 1 radical (unpaired) electrons. The minimum Gasteiger partial charge on any atom is -0.392 e. The van der Waals surface area contributed by atoms with E-state index in [2.05, 4.69) is 11.9 Å². The maximum atomic E-state index is 8.69. The minimum atomic E-state index is -0.0881. The van der Waals surface area contributed by atoms with Crippen molar-refractivity contribution in [2.75, 3.05) is 0 Å². The fraction of sp³-hybridized carbons (Fsp3) is 0.143. The van der Waals surface area contributed by atoms with E-state index in [-0.39, 0.29) is 6.61 Å². The first-order chi connectivity index (χ1) is 4.74. The molecular weight excluding hydrogens is 150 g/mol. The predicted octanol–water partition coefficient (Wildman–Crippen LogP) is 1.41. The van der Waals surface area contributed by atoms with E-state index in [0.29, 0.717) is 10.7 Å². The Hall–Kier alpha value is -0.600. The number of aliphatic hydroxyl groups is 1. The zero-order valence-corrected chi connectivity index (χ0v) is 6.10. The predicted molar refractivity (Wildman–Crippen MR) is 39.6 cm³/mol. The van der Waals surface area contributed by atoms with E-state index in [4.69, 9.17) is 16.7 Å². The molecule has 1 aromatic rings. The van der Waals surface area contributed by atoms with E-state index in [0.717, 1.165) is 5.56 Å². The summed E-state index contributed by atoms with van der Waals surface area (Å²) in [6.07, 6.45) is 1.56. The molecule has 0 aliphatic heterocycles. The van der Waals surface area contributed by atoms with Gasteiger partial charge in [-0.05, 0) is 18.6 Å². The standard InChI is InChI=1S/C7H7ClNO/c1-5-2-6(4-10)7(8)9-3-5/h2-3,10H,1,4H2. The highest BCUT2D eigenvalue weighted by molar-refractivity contribution is 6.30. The third-order valence-corrected chi connectivity index (χ3v) is 1.48. The Kier molecular flexibility index (Phi) is 2.25. The third-order valence-electron chi connectivity index (χ3n) is 1.14. The summed E-state index contributed by atoms with van der Waals surface area (Å²) in [5, 5.41) is 9.03. The Labute approximate surface area is 64.5 Å². The highest BCUT2D eigenvalue weighted by Crippen LogP contribution is 2.12. The summed E-state index contributed by atoms with van der Waals surface area (Å²) in [6, 6.07) is 1.70. The zero-order chi connectivity index (χ0) is 7.56.